The number of amides is 1. The third-order valence-corrected chi connectivity index (χ3v) is 5.17. The molecule has 1 fully saturated rings. The summed E-state index contributed by atoms with van der Waals surface area (Å²) in [7, 11) is 2.59. The standard InChI is InChI=1S/C21H19FN4O5/c1-25-18-17(12(20(29)31-2)9-15(24-18)11-7-8-11)19(28)26(21(25)30)10-16(27)23-14-6-4-3-5-13(14)22/h3-6,9,11H,7-8,10H2,1-2H3,(H,23,27). The Kier molecular flexibility index (Phi) is 5.14. The molecule has 1 amide bonds. The van der Waals surface area contributed by atoms with Gasteiger partial charge in [-0.15, -0.1) is 0 Å². The highest BCUT2D eigenvalue weighted by molar-refractivity contribution is 6.02. The number of esters is 1. The Balaban J connectivity index is 1.83. The highest BCUT2D eigenvalue weighted by Gasteiger charge is 2.29. The Morgan fingerprint density at radius 2 is 1.97 bits per heavy atom. The number of rotatable bonds is 5. The van der Waals surface area contributed by atoms with E-state index in [2.05, 4.69) is 10.3 Å². The van der Waals surface area contributed by atoms with E-state index in [9.17, 15) is 23.6 Å². The number of methoxy groups -OCH3 is 1. The molecule has 2 heterocycles. The molecule has 10 heteroatoms. The van der Waals surface area contributed by atoms with Crippen LogP contribution in [0.15, 0.2) is 39.9 Å². The van der Waals surface area contributed by atoms with Crippen molar-refractivity contribution in [1.82, 2.24) is 14.1 Å². The lowest BCUT2D eigenvalue weighted by molar-refractivity contribution is -0.116. The topological polar surface area (TPSA) is 112 Å². The molecule has 1 aliphatic carbocycles. The van der Waals surface area contributed by atoms with Gasteiger partial charge in [-0.2, -0.15) is 0 Å². The van der Waals surface area contributed by atoms with Crippen LogP contribution < -0.4 is 16.6 Å². The minimum Gasteiger partial charge on any atom is -0.465 e. The molecule has 2 aromatic heterocycles. The summed E-state index contributed by atoms with van der Waals surface area (Å²) < 4.78 is 20.4. The molecule has 3 aromatic rings. The van der Waals surface area contributed by atoms with Gasteiger partial charge in [-0.05, 0) is 31.0 Å². The summed E-state index contributed by atoms with van der Waals surface area (Å²) in [5.74, 6) is -2.01. The van der Waals surface area contributed by atoms with Gasteiger partial charge in [0.15, 0.2) is 0 Å². The van der Waals surface area contributed by atoms with Gasteiger partial charge in [0.25, 0.3) is 5.56 Å². The maximum Gasteiger partial charge on any atom is 0.338 e. The number of nitrogens with one attached hydrogen (secondary N) is 1. The van der Waals surface area contributed by atoms with Crippen LogP contribution in [-0.2, 0) is 23.1 Å². The van der Waals surface area contributed by atoms with Crippen LogP contribution in [0.2, 0.25) is 0 Å². The fourth-order valence-corrected chi connectivity index (χ4v) is 3.39. The van der Waals surface area contributed by atoms with E-state index in [1.165, 1.54) is 44.5 Å². The minimum atomic E-state index is -0.850. The van der Waals surface area contributed by atoms with E-state index >= 15 is 0 Å². The molecule has 0 bridgehead atoms. The van der Waals surface area contributed by atoms with E-state index in [1.54, 1.807) is 0 Å². The quantitative estimate of drug-likeness (QED) is 0.620. The molecule has 160 valence electrons. The molecule has 0 saturated heterocycles. The number of anilines is 1. The molecule has 9 nitrogen and oxygen atoms in total. The number of aromatic nitrogens is 3. The third-order valence-electron chi connectivity index (χ3n) is 5.17. The molecule has 1 saturated carbocycles. The van der Waals surface area contributed by atoms with E-state index in [1.807, 2.05) is 0 Å². The summed E-state index contributed by atoms with van der Waals surface area (Å²) >= 11 is 0. The number of pyridine rings is 1. The summed E-state index contributed by atoms with van der Waals surface area (Å²) in [6, 6.07) is 7.02. The van der Waals surface area contributed by atoms with Crippen LogP contribution in [0, 0.1) is 5.82 Å². The van der Waals surface area contributed by atoms with E-state index in [-0.39, 0.29) is 28.2 Å². The average molecular weight is 426 g/mol. The van der Waals surface area contributed by atoms with Crippen LogP contribution in [0.25, 0.3) is 11.0 Å². The first kappa shape index (κ1) is 20.5. The molecule has 4 rings (SSSR count). The molecular formula is C21H19FN4O5. The second-order valence-corrected chi connectivity index (χ2v) is 7.32. The van der Waals surface area contributed by atoms with E-state index in [4.69, 9.17) is 4.74 Å². The number of hydrogen-bond acceptors (Lipinski definition) is 6. The molecule has 0 radical (unpaired) electrons. The van der Waals surface area contributed by atoms with Crippen molar-refractivity contribution < 1.29 is 18.7 Å². The molecule has 0 aliphatic heterocycles. The van der Waals surface area contributed by atoms with E-state index in [0.717, 1.165) is 17.4 Å². The van der Waals surface area contributed by atoms with Gasteiger partial charge in [0.1, 0.15) is 18.0 Å². The zero-order chi connectivity index (χ0) is 22.3. The number of nitrogens with zero attached hydrogens (tertiary/aromatic N) is 3. The predicted octanol–water partition coefficient (Wildman–Crippen LogP) is 1.54. The van der Waals surface area contributed by atoms with Crippen LogP contribution in [0.3, 0.4) is 0 Å². The summed E-state index contributed by atoms with van der Waals surface area (Å²) in [6.07, 6.45) is 1.81. The number of para-hydroxylation sites is 1. The van der Waals surface area contributed by atoms with Crippen molar-refractivity contribution in [3.05, 3.63) is 68.2 Å². The number of aryl methyl sites for hydroxylation is 1. The summed E-state index contributed by atoms with van der Waals surface area (Å²) in [4.78, 5) is 55.2. The van der Waals surface area contributed by atoms with Crippen LogP contribution in [0.5, 0.6) is 0 Å². The Morgan fingerprint density at radius 1 is 1.26 bits per heavy atom. The number of fused-ring (bicyclic) bond motifs is 1. The normalized spacial score (nSPS) is 13.3. The summed E-state index contributed by atoms with van der Waals surface area (Å²) in [6.45, 7) is -0.666. The number of carbonyl (C=O) groups excluding carboxylic acids is 2. The second kappa shape index (κ2) is 7.78. The highest BCUT2D eigenvalue weighted by Crippen LogP contribution is 2.39. The first-order valence-corrected chi connectivity index (χ1v) is 9.59. The molecular weight excluding hydrogens is 407 g/mol. The number of halogens is 1. The van der Waals surface area contributed by atoms with Crippen LogP contribution in [0.1, 0.15) is 34.8 Å². The van der Waals surface area contributed by atoms with Gasteiger partial charge < -0.3 is 10.1 Å². The zero-order valence-corrected chi connectivity index (χ0v) is 16.8. The van der Waals surface area contributed by atoms with Gasteiger partial charge in [0, 0.05) is 18.7 Å². The molecule has 0 unspecified atom stereocenters. The number of ether oxygens (including phenoxy) is 1. The molecule has 1 aliphatic rings. The SMILES string of the molecule is COC(=O)c1cc(C2CC2)nc2c1c(=O)n(CC(=O)Nc1ccccc1F)c(=O)n2C. The zero-order valence-electron chi connectivity index (χ0n) is 16.8. The van der Waals surface area contributed by atoms with Crippen LogP contribution in [-0.4, -0.2) is 33.1 Å². The summed E-state index contributed by atoms with van der Waals surface area (Å²) in [5, 5.41) is 2.22. The largest absolute Gasteiger partial charge is 0.465 e. The predicted molar refractivity (Wildman–Crippen MR) is 110 cm³/mol. The number of carbonyl (C=O) groups is 2. The third kappa shape index (κ3) is 3.72. The average Bonchev–Trinajstić information content (AvgIpc) is 3.61. The van der Waals surface area contributed by atoms with Crippen molar-refractivity contribution in [2.24, 2.45) is 7.05 Å². The van der Waals surface area contributed by atoms with E-state index in [0.29, 0.717) is 10.3 Å². The number of hydrogen-bond donors (Lipinski definition) is 1. The Morgan fingerprint density at radius 3 is 2.61 bits per heavy atom. The van der Waals surface area contributed by atoms with Crippen molar-refractivity contribution in [3.8, 4) is 0 Å². The molecule has 1 N–H and O–H groups in total. The fraction of sp³-hybridized carbons (Fsp3) is 0.286. The summed E-state index contributed by atoms with van der Waals surface area (Å²) in [5.41, 5.74) is -1.07. The van der Waals surface area contributed by atoms with Crippen molar-refractivity contribution >= 4 is 28.6 Å². The molecule has 0 atom stereocenters. The molecule has 31 heavy (non-hydrogen) atoms. The van der Waals surface area contributed by atoms with Crippen molar-refractivity contribution in [2.45, 2.75) is 25.3 Å². The Hall–Kier alpha value is -3.82. The van der Waals surface area contributed by atoms with E-state index < -0.39 is 35.5 Å². The second-order valence-electron chi connectivity index (χ2n) is 7.32. The van der Waals surface area contributed by atoms with Gasteiger partial charge in [0.2, 0.25) is 5.91 Å². The van der Waals surface area contributed by atoms with Crippen molar-refractivity contribution in [2.75, 3.05) is 12.4 Å². The molecule has 1 aromatic carbocycles. The lowest BCUT2D eigenvalue weighted by atomic mass is 10.1. The lowest BCUT2D eigenvalue weighted by Crippen LogP contribution is -2.42. The van der Waals surface area contributed by atoms with Crippen LogP contribution >= 0.6 is 0 Å². The Labute approximate surface area is 175 Å². The first-order chi connectivity index (χ1) is 14.8. The maximum absolute atomic E-state index is 13.8. The van der Waals surface area contributed by atoms with Gasteiger partial charge in [-0.3, -0.25) is 18.7 Å². The van der Waals surface area contributed by atoms with Crippen molar-refractivity contribution in [1.29, 1.82) is 0 Å². The van der Waals surface area contributed by atoms with Gasteiger partial charge in [-0.1, -0.05) is 12.1 Å². The lowest BCUT2D eigenvalue weighted by Gasteiger charge is -2.14. The highest BCUT2D eigenvalue weighted by atomic mass is 19.1. The molecule has 0 spiro atoms. The monoisotopic (exact) mass is 426 g/mol. The smallest absolute Gasteiger partial charge is 0.338 e. The Bertz CT molecular complexity index is 1340. The number of benzene rings is 1. The van der Waals surface area contributed by atoms with Gasteiger partial charge >= 0.3 is 11.7 Å². The minimum absolute atomic E-state index is 0.0155. The van der Waals surface area contributed by atoms with Gasteiger partial charge in [0.05, 0.1) is 23.7 Å². The first-order valence-electron chi connectivity index (χ1n) is 9.59. The van der Waals surface area contributed by atoms with Crippen molar-refractivity contribution in [3.63, 3.8) is 0 Å². The van der Waals surface area contributed by atoms with Gasteiger partial charge in [-0.25, -0.2) is 19.0 Å². The maximum atomic E-state index is 13.8. The van der Waals surface area contributed by atoms with Crippen LogP contribution in [0.4, 0.5) is 10.1 Å². The fourth-order valence-electron chi connectivity index (χ4n) is 3.39.